The van der Waals surface area contributed by atoms with E-state index in [1.165, 1.54) is 22.5 Å². The summed E-state index contributed by atoms with van der Waals surface area (Å²) in [6.45, 7) is 1.73. The predicted molar refractivity (Wildman–Crippen MR) is 81.0 cm³/mol. The molecule has 0 saturated carbocycles. The molecule has 3 rings (SSSR count). The van der Waals surface area contributed by atoms with Crippen molar-refractivity contribution in [3.8, 4) is 0 Å². The standard InChI is InChI=1S/C15H15N3S/c16-15-18-13-7-6-12(8-14(13)19-15)10-17-9-11-4-2-1-3-5-11/h1-8,17H,9-10H2,(H2,16,18). The summed E-state index contributed by atoms with van der Waals surface area (Å²) in [4.78, 5) is 4.26. The summed E-state index contributed by atoms with van der Waals surface area (Å²) >= 11 is 1.54. The van der Waals surface area contributed by atoms with Crippen molar-refractivity contribution >= 4 is 26.7 Å². The van der Waals surface area contributed by atoms with E-state index >= 15 is 0 Å². The number of nitrogen functional groups attached to an aromatic ring is 1. The van der Waals surface area contributed by atoms with Crippen LogP contribution in [-0.4, -0.2) is 4.98 Å². The Kier molecular flexibility index (Phi) is 3.44. The van der Waals surface area contributed by atoms with Crippen LogP contribution in [0.2, 0.25) is 0 Å². The van der Waals surface area contributed by atoms with Gasteiger partial charge in [-0.1, -0.05) is 47.7 Å². The predicted octanol–water partition coefficient (Wildman–Crippen LogP) is 3.17. The lowest BCUT2D eigenvalue weighted by atomic mass is 10.2. The van der Waals surface area contributed by atoms with Crippen molar-refractivity contribution < 1.29 is 0 Å². The monoisotopic (exact) mass is 269 g/mol. The molecule has 1 heterocycles. The molecule has 0 fully saturated rings. The second kappa shape index (κ2) is 5.38. The lowest BCUT2D eigenvalue weighted by molar-refractivity contribution is 0.694. The molecule has 4 heteroatoms. The van der Waals surface area contributed by atoms with E-state index in [-0.39, 0.29) is 0 Å². The lowest BCUT2D eigenvalue weighted by Gasteiger charge is -2.05. The van der Waals surface area contributed by atoms with Crippen LogP contribution < -0.4 is 11.1 Å². The molecule has 3 nitrogen and oxygen atoms in total. The molecule has 0 amide bonds. The molecule has 0 aliphatic heterocycles. The molecule has 3 aromatic rings. The molecule has 96 valence electrons. The third kappa shape index (κ3) is 2.92. The summed E-state index contributed by atoms with van der Waals surface area (Å²) in [5.41, 5.74) is 9.24. The summed E-state index contributed by atoms with van der Waals surface area (Å²) in [5, 5.41) is 4.07. The zero-order valence-corrected chi connectivity index (χ0v) is 11.3. The van der Waals surface area contributed by atoms with E-state index < -0.39 is 0 Å². The van der Waals surface area contributed by atoms with Gasteiger partial charge in [-0.2, -0.15) is 0 Å². The Hall–Kier alpha value is -1.91. The minimum atomic E-state index is 0.629. The SMILES string of the molecule is Nc1nc2ccc(CNCc3ccccc3)cc2s1. The lowest BCUT2D eigenvalue weighted by Crippen LogP contribution is -2.12. The second-order valence-corrected chi connectivity index (χ2v) is 5.51. The molecule has 0 unspecified atom stereocenters. The summed E-state index contributed by atoms with van der Waals surface area (Å²) in [7, 11) is 0. The number of aromatic nitrogens is 1. The zero-order chi connectivity index (χ0) is 13.1. The van der Waals surface area contributed by atoms with Crippen LogP contribution in [0.3, 0.4) is 0 Å². The van der Waals surface area contributed by atoms with Crippen LogP contribution in [0.5, 0.6) is 0 Å². The average molecular weight is 269 g/mol. The molecule has 0 saturated heterocycles. The smallest absolute Gasteiger partial charge is 0.181 e. The third-order valence-electron chi connectivity index (χ3n) is 2.97. The molecule has 3 N–H and O–H groups in total. The van der Waals surface area contributed by atoms with Gasteiger partial charge in [0.05, 0.1) is 10.2 Å². The van der Waals surface area contributed by atoms with Gasteiger partial charge in [-0.05, 0) is 23.3 Å². The number of hydrogen-bond donors (Lipinski definition) is 2. The molecule has 0 radical (unpaired) electrons. The van der Waals surface area contributed by atoms with Crippen LogP contribution in [-0.2, 0) is 13.1 Å². The number of rotatable bonds is 4. The van der Waals surface area contributed by atoms with Gasteiger partial charge in [0.25, 0.3) is 0 Å². The van der Waals surface area contributed by atoms with Gasteiger partial charge in [0, 0.05) is 13.1 Å². The number of fused-ring (bicyclic) bond motifs is 1. The number of anilines is 1. The first kappa shape index (κ1) is 12.1. The van der Waals surface area contributed by atoms with E-state index in [2.05, 4.69) is 46.7 Å². The number of nitrogens with zero attached hydrogens (tertiary/aromatic N) is 1. The van der Waals surface area contributed by atoms with Crippen LogP contribution >= 0.6 is 11.3 Å². The minimum absolute atomic E-state index is 0.629. The fourth-order valence-electron chi connectivity index (χ4n) is 2.04. The Bertz CT molecular complexity index is 676. The molecular formula is C15H15N3S. The van der Waals surface area contributed by atoms with Gasteiger partial charge in [-0.15, -0.1) is 0 Å². The number of nitrogens with two attached hydrogens (primary N) is 1. The van der Waals surface area contributed by atoms with E-state index in [0.29, 0.717) is 5.13 Å². The minimum Gasteiger partial charge on any atom is -0.375 e. The summed E-state index contributed by atoms with van der Waals surface area (Å²) in [6.07, 6.45) is 0. The van der Waals surface area contributed by atoms with Crippen LogP contribution in [0.4, 0.5) is 5.13 Å². The maximum atomic E-state index is 5.71. The first-order valence-electron chi connectivity index (χ1n) is 6.21. The first-order chi connectivity index (χ1) is 9.31. The van der Waals surface area contributed by atoms with Crippen molar-refractivity contribution in [2.75, 3.05) is 5.73 Å². The van der Waals surface area contributed by atoms with Gasteiger partial charge < -0.3 is 11.1 Å². The van der Waals surface area contributed by atoms with Gasteiger partial charge >= 0.3 is 0 Å². The molecule has 0 aliphatic carbocycles. The maximum absolute atomic E-state index is 5.71. The molecule has 0 bridgehead atoms. The van der Waals surface area contributed by atoms with Gasteiger partial charge in [0.2, 0.25) is 0 Å². The Morgan fingerprint density at radius 1 is 1.00 bits per heavy atom. The molecule has 19 heavy (non-hydrogen) atoms. The molecule has 0 atom stereocenters. The maximum Gasteiger partial charge on any atom is 0.181 e. The van der Waals surface area contributed by atoms with Crippen LogP contribution in [0, 0.1) is 0 Å². The van der Waals surface area contributed by atoms with E-state index in [1.54, 1.807) is 0 Å². The Balaban J connectivity index is 1.65. The molecule has 1 aromatic heterocycles. The Morgan fingerprint density at radius 3 is 2.63 bits per heavy atom. The third-order valence-corrected chi connectivity index (χ3v) is 3.82. The van der Waals surface area contributed by atoms with Crippen LogP contribution in [0.25, 0.3) is 10.2 Å². The van der Waals surface area contributed by atoms with Crippen molar-refractivity contribution in [3.05, 3.63) is 59.7 Å². The highest BCUT2D eigenvalue weighted by Gasteiger charge is 2.02. The number of thiazole rings is 1. The quantitative estimate of drug-likeness (QED) is 0.765. The van der Waals surface area contributed by atoms with Gasteiger partial charge in [-0.25, -0.2) is 4.98 Å². The van der Waals surface area contributed by atoms with Crippen molar-refractivity contribution in [2.45, 2.75) is 13.1 Å². The molecule has 0 aliphatic rings. The number of nitrogens with one attached hydrogen (secondary N) is 1. The fourth-order valence-corrected chi connectivity index (χ4v) is 2.84. The van der Waals surface area contributed by atoms with Crippen molar-refractivity contribution in [2.24, 2.45) is 0 Å². The molecule has 0 spiro atoms. The normalized spacial score (nSPS) is 10.9. The van der Waals surface area contributed by atoms with Crippen LogP contribution in [0.15, 0.2) is 48.5 Å². The average Bonchev–Trinajstić information content (AvgIpc) is 2.79. The summed E-state index contributed by atoms with van der Waals surface area (Å²) in [5.74, 6) is 0. The Labute approximate surface area is 116 Å². The highest BCUT2D eigenvalue weighted by molar-refractivity contribution is 7.22. The molecule has 2 aromatic carbocycles. The van der Waals surface area contributed by atoms with E-state index in [4.69, 9.17) is 5.73 Å². The fraction of sp³-hybridized carbons (Fsp3) is 0.133. The zero-order valence-electron chi connectivity index (χ0n) is 10.5. The van der Waals surface area contributed by atoms with Crippen molar-refractivity contribution in [3.63, 3.8) is 0 Å². The summed E-state index contributed by atoms with van der Waals surface area (Å²) < 4.78 is 1.15. The highest BCUT2D eigenvalue weighted by Crippen LogP contribution is 2.24. The summed E-state index contributed by atoms with van der Waals surface area (Å²) in [6, 6.07) is 16.7. The van der Waals surface area contributed by atoms with Crippen LogP contribution in [0.1, 0.15) is 11.1 Å². The van der Waals surface area contributed by atoms with Gasteiger partial charge in [0.15, 0.2) is 5.13 Å². The topological polar surface area (TPSA) is 50.9 Å². The highest BCUT2D eigenvalue weighted by atomic mass is 32.1. The van der Waals surface area contributed by atoms with Gasteiger partial charge in [-0.3, -0.25) is 0 Å². The largest absolute Gasteiger partial charge is 0.375 e. The van der Waals surface area contributed by atoms with E-state index in [1.807, 2.05) is 12.1 Å². The van der Waals surface area contributed by atoms with Gasteiger partial charge in [0.1, 0.15) is 0 Å². The first-order valence-corrected chi connectivity index (χ1v) is 7.02. The van der Waals surface area contributed by atoms with E-state index in [9.17, 15) is 0 Å². The molecular weight excluding hydrogens is 254 g/mol. The number of benzene rings is 2. The van der Waals surface area contributed by atoms with Crippen molar-refractivity contribution in [1.82, 2.24) is 10.3 Å². The van der Waals surface area contributed by atoms with Crippen molar-refractivity contribution in [1.29, 1.82) is 0 Å². The number of hydrogen-bond acceptors (Lipinski definition) is 4. The Morgan fingerprint density at radius 2 is 1.79 bits per heavy atom. The van der Waals surface area contributed by atoms with E-state index in [0.717, 1.165) is 23.3 Å². The second-order valence-electron chi connectivity index (χ2n) is 4.44.